The van der Waals surface area contributed by atoms with Crippen LogP contribution in [0, 0.1) is 0 Å². The van der Waals surface area contributed by atoms with Crippen LogP contribution in [-0.2, 0) is 14.3 Å². The lowest BCUT2D eigenvalue weighted by molar-refractivity contribution is -0.143. The van der Waals surface area contributed by atoms with Gasteiger partial charge in [-0.15, -0.1) is 0 Å². The number of carboxylic acid groups (broad SMARTS) is 1. The summed E-state index contributed by atoms with van der Waals surface area (Å²) in [6, 6.07) is 14.7. The fourth-order valence-corrected chi connectivity index (χ4v) is 4.09. The second-order valence-electron chi connectivity index (χ2n) is 8.05. The van der Waals surface area contributed by atoms with E-state index in [1.54, 1.807) is 0 Å². The van der Waals surface area contributed by atoms with Crippen molar-refractivity contribution in [1.29, 1.82) is 0 Å². The van der Waals surface area contributed by atoms with E-state index < -0.39 is 36.2 Å². The predicted molar refractivity (Wildman–Crippen MR) is 111 cm³/mol. The molecule has 162 valence electrons. The van der Waals surface area contributed by atoms with Crippen molar-refractivity contribution in [2.75, 3.05) is 13.2 Å². The maximum absolute atomic E-state index is 12.4. The average Bonchev–Trinajstić information content (AvgIpc) is 3.42. The molecule has 2 aromatic rings. The molecule has 1 atom stereocenters. The molecule has 0 spiro atoms. The van der Waals surface area contributed by atoms with Crippen LogP contribution in [-0.4, -0.2) is 53.0 Å². The Morgan fingerprint density at radius 1 is 1.03 bits per heavy atom. The SMILES string of the molecule is O=C(CC1(NC(=O)OCC2c3ccccc3-c3ccccc32)CC1)NC(CO)C(=O)O. The third kappa shape index (κ3) is 4.39. The number of aliphatic hydroxyl groups is 1. The Labute approximate surface area is 179 Å². The molecule has 0 heterocycles. The number of nitrogens with one attached hydrogen (secondary N) is 2. The van der Waals surface area contributed by atoms with Crippen LogP contribution in [0.1, 0.15) is 36.3 Å². The van der Waals surface area contributed by atoms with E-state index in [1.807, 2.05) is 36.4 Å². The number of fused-ring (bicyclic) bond motifs is 3. The summed E-state index contributed by atoms with van der Waals surface area (Å²) in [5, 5.41) is 23.0. The number of hydrogen-bond acceptors (Lipinski definition) is 5. The summed E-state index contributed by atoms with van der Waals surface area (Å²) in [5.41, 5.74) is 3.77. The molecule has 1 unspecified atom stereocenters. The van der Waals surface area contributed by atoms with Gasteiger partial charge in [-0.2, -0.15) is 0 Å². The van der Waals surface area contributed by atoms with Gasteiger partial charge in [0.05, 0.1) is 12.1 Å². The minimum Gasteiger partial charge on any atom is -0.480 e. The highest BCUT2D eigenvalue weighted by Gasteiger charge is 2.46. The number of carbonyl (C=O) groups is 3. The number of benzene rings is 2. The molecule has 4 rings (SSSR count). The third-order valence-corrected chi connectivity index (χ3v) is 5.88. The first-order valence-corrected chi connectivity index (χ1v) is 10.2. The van der Waals surface area contributed by atoms with Gasteiger partial charge in [0, 0.05) is 12.3 Å². The van der Waals surface area contributed by atoms with E-state index in [9.17, 15) is 14.4 Å². The number of carboxylic acids is 1. The van der Waals surface area contributed by atoms with Crippen LogP contribution in [0.25, 0.3) is 11.1 Å². The molecule has 1 fully saturated rings. The number of aliphatic hydroxyl groups excluding tert-OH is 1. The highest BCUT2D eigenvalue weighted by molar-refractivity contribution is 5.85. The number of ether oxygens (including phenoxy) is 1. The van der Waals surface area contributed by atoms with Gasteiger partial charge in [-0.25, -0.2) is 9.59 Å². The zero-order chi connectivity index (χ0) is 22.0. The number of rotatable bonds is 8. The van der Waals surface area contributed by atoms with Crippen LogP contribution in [0.5, 0.6) is 0 Å². The summed E-state index contributed by atoms with van der Waals surface area (Å²) in [4.78, 5) is 35.5. The van der Waals surface area contributed by atoms with Crippen molar-refractivity contribution in [3.63, 3.8) is 0 Å². The van der Waals surface area contributed by atoms with E-state index in [-0.39, 0.29) is 18.9 Å². The molecule has 31 heavy (non-hydrogen) atoms. The maximum Gasteiger partial charge on any atom is 0.407 e. The number of aliphatic carboxylic acids is 1. The van der Waals surface area contributed by atoms with E-state index in [0.717, 1.165) is 22.3 Å². The molecule has 0 radical (unpaired) electrons. The normalized spacial score (nSPS) is 16.5. The molecule has 8 heteroatoms. The molecule has 1 saturated carbocycles. The van der Waals surface area contributed by atoms with Crippen molar-refractivity contribution in [2.24, 2.45) is 0 Å². The standard InChI is InChI=1S/C23H24N2O6/c26-12-19(21(28)29)24-20(27)11-23(9-10-23)25-22(30)31-13-18-16-7-3-1-5-14(16)15-6-2-4-8-17(15)18/h1-8,18-19,26H,9-13H2,(H,24,27)(H,25,30)(H,28,29). The van der Waals surface area contributed by atoms with Gasteiger partial charge in [0.25, 0.3) is 0 Å². The van der Waals surface area contributed by atoms with E-state index >= 15 is 0 Å². The van der Waals surface area contributed by atoms with Crippen LogP contribution < -0.4 is 10.6 Å². The number of amides is 2. The van der Waals surface area contributed by atoms with Gasteiger partial charge < -0.3 is 25.6 Å². The van der Waals surface area contributed by atoms with E-state index in [0.29, 0.717) is 12.8 Å². The molecule has 2 aliphatic carbocycles. The summed E-state index contributed by atoms with van der Waals surface area (Å²) in [5.74, 6) is -1.92. The monoisotopic (exact) mass is 424 g/mol. The van der Waals surface area contributed by atoms with Crippen molar-refractivity contribution in [1.82, 2.24) is 10.6 Å². The smallest absolute Gasteiger partial charge is 0.407 e. The Bertz CT molecular complexity index is 971. The lowest BCUT2D eigenvalue weighted by atomic mass is 9.98. The lowest BCUT2D eigenvalue weighted by Crippen LogP contribution is -2.47. The topological polar surface area (TPSA) is 125 Å². The van der Waals surface area contributed by atoms with Gasteiger partial charge in [-0.05, 0) is 35.1 Å². The molecule has 0 aliphatic heterocycles. The van der Waals surface area contributed by atoms with Gasteiger partial charge in [0.1, 0.15) is 12.6 Å². The highest BCUT2D eigenvalue weighted by Crippen LogP contribution is 2.44. The van der Waals surface area contributed by atoms with Gasteiger partial charge >= 0.3 is 12.1 Å². The summed E-state index contributed by atoms with van der Waals surface area (Å²) >= 11 is 0. The quantitative estimate of drug-likeness (QED) is 0.514. The lowest BCUT2D eigenvalue weighted by Gasteiger charge is -2.20. The molecule has 4 N–H and O–H groups in total. The van der Waals surface area contributed by atoms with E-state index in [1.165, 1.54) is 0 Å². The summed E-state index contributed by atoms with van der Waals surface area (Å²) in [7, 11) is 0. The van der Waals surface area contributed by atoms with Crippen LogP contribution in [0.4, 0.5) is 4.79 Å². The second-order valence-corrected chi connectivity index (χ2v) is 8.05. The van der Waals surface area contributed by atoms with Crippen LogP contribution in [0.3, 0.4) is 0 Å². The van der Waals surface area contributed by atoms with Crippen LogP contribution >= 0.6 is 0 Å². The third-order valence-electron chi connectivity index (χ3n) is 5.88. The Balaban J connectivity index is 1.35. The van der Waals surface area contributed by atoms with Crippen LogP contribution in [0.2, 0.25) is 0 Å². The number of hydrogen-bond donors (Lipinski definition) is 4. The molecule has 2 aromatic carbocycles. The predicted octanol–water partition coefficient (Wildman–Crippen LogP) is 2.01. The fraction of sp³-hybridized carbons (Fsp3) is 0.348. The summed E-state index contributed by atoms with van der Waals surface area (Å²) < 4.78 is 5.52. The summed E-state index contributed by atoms with van der Waals surface area (Å²) in [6.45, 7) is -0.526. The zero-order valence-corrected chi connectivity index (χ0v) is 16.8. The van der Waals surface area contributed by atoms with Crippen molar-refractivity contribution in [3.8, 4) is 11.1 Å². The second kappa shape index (κ2) is 8.39. The zero-order valence-electron chi connectivity index (χ0n) is 16.8. The first-order chi connectivity index (χ1) is 14.9. The minimum absolute atomic E-state index is 0.0579. The van der Waals surface area contributed by atoms with Crippen molar-refractivity contribution in [3.05, 3.63) is 59.7 Å². The van der Waals surface area contributed by atoms with Crippen molar-refractivity contribution >= 4 is 18.0 Å². The Kier molecular flexibility index (Phi) is 5.65. The first-order valence-electron chi connectivity index (χ1n) is 10.2. The first kappa shape index (κ1) is 20.9. The molecule has 2 amide bonds. The van der Waals surface area contributed by atoms with E-state index in [2.05, 4.69) is 22.8 Å². The Hall–Kier alpha value is -3.39. The van der Waals surface area contributed by atoms with Gasteiger partial charge in [0.15, 0.2) is 0 Å². The molecule has 0 aromatic heterocycles. The largest absolute Gasteiger partial charge is 0.480 e. The molecule has 2 aliphatic rings. The Morgan fingerprint density at radius 2 is 1.61 bits per heavy atom. The minimum atomic E-state index is -1.36. The van der Waals surface area contributed by atoms with Gasteiger partial charge in [-0.3, -0.25) is 4.79 Å². The molecule has 0 saturated heterocycles. The van der Waals surface area contributed by atoms with Gasteiger partial charge in [0.2, 0.25) is 5.91 Å². The highest BCUT2D eigenvalue weighted by atomic mass is 16.5. The van der Waals surface area contributed by atoms with E-state index in [4.69, 9.17) is 14.9 Å². The van der Waals surface area contributed by atoms with Crippen molar-refractivity contribution in [2.45, 2.75) is 36.8 Å². The van der Waals surface area contributed by atoms with Crippen LogP contribution in [0.15, 0.2) is 48.5 Å². The Morgan fingerprint density at radius 3 is 2.13 bits per heavy atom. The average molecular weight is 424 g/mol. The molecule has 0 bridgehead atoms. The number of alkyl carbamates (subject to hydrolysis) is 1. The van der Waals surface area contributed by atoms with Gasteiger partial charge in [-0.1, -0.05) is 48.5 Å². The molecule has 8 nitrogen and oxygen atoms in total. The maximum atomic E-state index is 12.4. The molecular weight excluding hydrogens is 400 g/mol. The van der Waals surface area contributed by atoms with Crippen molar-refractivity contribution < 1.29 is 29.3 Å². The molecular formula is C23H24N2O6. The fourth-order valence-electron chi connectivity index (χ4n) is 4.09. The number of carbonyl (C=O) groups excluding carboxylic acids is 2. The summed E-state index contributed by atoms with van der Waals surface area (Å²) in [6.07, 6.45) is 0.522.